The van der Waals surface area contributed by atoms with Crippen LogP contribution in [-0.2, 0) is 6.42 Å². The van der Waals surface area contributed by atoms with Gasteiger partial charge in [0.2, 0.25) is 0 Å². The van der Waals surface area contributed by atoms with Crippen molar-refractivity contribution < 1.29 is 9.18 Å². The number of carbonyl (C=O) groups is 1. The fourth-order valence-electron chi connectivity index (χ4n) is 3.96. The van der Waals surface area contributed by atoms with E-state index in [2.05, 4.69) is 15.3 Å². The molecule has 1 fully saturated rings. The number of hydrogen-bond acceptors (Lipinski definition) is 3. The third kappa shape index (κ3) is 2.43. The minimum absolute atomic E-state index is 0.132. The third-order valence-electron chi connectivity index (χ3n) is 5.49. The molecule has 0 atom stereocenters. The minimum atomic E-state index is -0.407. The zero-order chi connectivity index (χ0) is 17.7. The standard InChI is InChI=1S/C21H18FN3O/c22-15-12-23-9-6-14(15)19-20(24-13-4-2-1-3-5-13)18-16(25-19)10-21(7-8-21)11-17(18)26/h1-6,9,12,24-25H,7-8,10-11H2. The Morgan fingerprint density at radius 1 is 1.12 bits per heavy atom. The fraction of sp³-hybridized carbons (Fsp3) is 0.238. The smallest absolute Gasteiger partial charge is 0.167 e. The zero-order valence-electron chi connectivity index (χ0n) is 14.2. The summed E-state index contributed by atoms with van der Waals surface area (Å²) in [6.45, 7) is 0. The summed E-state index contributed by atoms with van der Waals surface area (Å²) < 4.78 is 14.4. The average Bonchev–Trinajstić information content (AvgIpc) is 3.28. The molecular formula is C21H18FN3O. The predicted octanol–water partition coefficient (Wildman–Crippen LogP) is 4.87. The van der Waals surface area contributed by atoms with Gasteiger partial charge >= 0.3 is 0 Å². The second kappa shape index (κ2) is 5.53. The number of ketones is 1. The minimum Gasteiger partial charge on any atom is -0.356 e. The molecule has 2 aromatic heterocycles. The summed E-state index contributed by atoms with van der Waals surface area (Å²) in [5, 5.41) is 3.35. The molecule has 1 spiro atoms. The number of aromatic nitrogens is 2. The second-order valence-corrected chi connectivity index (χ2v) is 7.35. The van der Waals surface area contributed by atoms with Crippen LogP contribution in [0.15, 0.2) is 48.8 Å². The predicted molar refractivity (Wildman–Crippen MR) is 98.0 cm³/mol. The first-order chi connectivity index (χ1) is 12.7. The highest BCUT2D eigenvalue weighted by Gasteiger charge is 2.49. The summed E-state index contributed by atoms with van der Waals surface area (Å²) in [7, 11) is 0. The first-order valence-electron chi connectivity index (χ1n) is 8.85. The van der Waals surface area contributed by atoms with Gasteiger partial charge in [-0.05, 0) is 42.9 Å². The van der Waals surface area contributed by atoms with Gasteiger partial charge in [-0.25, -0.2) is 4.39 Å². The van der Waals surface area contributed by atoms with E-state index in [-0.39, 0.29) is 11.2 Å². The number of rotatable bonds is 3. The molecule has 2 aliphatic rings. The molecule has 2 heterocycles. The average molecular weight is 347 g/mol. The number of pyridine rings is 1. The van der Waals surface area contributed by atoms with Gasteiger partial charge in [0.05, 0.1) is 23.1 Å². The van der Waals surface area contributed by atoms with E-state index in [0.717, 1.165) is 30.6 Å². The monoisotopic (exact) mass is 347 g/mol. The maximum Gasteiger partial charge on any atom is 0.167 e. The van der Waals surface area contributed by atoms with Crippen molar-refractivity contribution in [3.63, 3.8) is 0 Å². The van der Waals surface area contributed by atoms with Crippen molar-refractivity contribution in [1.29, 1.82) is 0 Å². The lowest BCUT2D eigenvalue weighted by molar-refractivity contribution is 0.0942. The molecule has 0 bridgehead atoms. The summed E-state index contributed by atoms with van der Waals surface area (Å²) in [5.41, 5.74) is 4.30. The van der Waals surface area contributed by atoms with E-state index in [0.29, 0.717) is 28.9 Å². The Morgan fingerprint density at radius 3 is 2.65 bits per heavy atom. The van der Waals surface area contributed by atoms with Gasteiger partial charge in [-0.15, -0.1) is 0 Å². The normalized spacial score (nSPS) is 17.2. The van der Waals surface area contributed by atoms with Crippen molar-refractivity contribution in [3.05, 3.63) is 65.9 Å². The van der Waals surface area contributed by atoms with Gasteiger partial charge in [0, 0.05) is 29.6 Å². The third-order valence-corrected chi connectivity index (χ3v) is 5.49. The maximum absolute atomic E-state index is 14.4. The highest BCUT2D eigenvalue weighted by Crippen LogP contribution is 2.56. The van der Waals surface area contributed by atoms with Crippen LogP contribution >= 0.6 is 0 Å². The Balaban J connectivity index is 1.69. The molecule has 2 N–H and O–H groups in total. The number of carbonyl (C=O) groups excluding carboxylic acids is 1. The SMILES string of the molecule is O=C1CC2(CC2)Cc2[nH]c(-c3ccncc3F)c(Nc3ccccc3)c21. The van der Waals surface area contributed by atoms with Crippen LogP contribution < -0.4 is 5.32 Å². The van der Waals surface area contributed by atoms with Crippen LogP contribution in [0.2, 0.25) is 0 Å². The second-order valence-electron chi connectivity index (χ2n) is 7.35. The number of aromatic amines is 1. The highest BCUT2D eigenvalue weighted by molar-refractivity contribution is 6.08. The van der Waals surface area contributed by atoms with Crippen LogP contribution in [0.3, 0.4) is 0 Å². The lowest BCUT2D eigenvalue weighted by Gasteiger charge is -2.21. The van der Waals surface area contributed by atoms with Crippen LogP contribution in [0, 0.1) is 11.2 Å². The highest BCUT2D eigenvalue weighted by atomic mass is 19.1. The maximum atomic E-state index is 14.4. The van der Waals surface area contributed by atoms with E-state index in [4.69, 9.17) is 0 Å². The number of fused-ring (bicyclic) bond motifs is 1. The number of Topliss-reactive ketones (excluding diaryl/α,β-unsaturated/α-hetero) is 1. The summed E-state index contributed by atoms with van der Waals surface area (Å²) in [6.07, 6.45) is 6.39. The van der Waals surface area contributed by atoms with E-state index >= 15 is 0 Å². The molecule has 130 valence electrons. The van der Waals surface area contributed by atoms with Crippen LogP contribution in [0.5, 0.6) is 0 Å². The van der Waals surface area contributed by atoms with Gasteiger partial charge in [0.15, 0.2) is 11.6 Å². The van der Waals surface area contributed by atoms with Gasteiger partial charge in [-0.2, -0.15) is 0 Å². The van der Waals surface area contributed by atoms with Crippen molar-refractivity contribution >= 4 is 17.2 Å². The molecule has 3 aromatic rings. The van der Waals surface area contributed by atoms with Crippen LogP contribution in [0.1, 0.15) is 35.3 Å². The summed E-state index contributed by atoms with van der Waals surface area (Å²) >= 11 is 0. The molecule has 5 heteroatoms. The molecule has 0 unspecified atom stereocenters. The number of H-pyrrole nitrogens is 1. The van der Waals surface area contributed by atoms with E-state index in [1.807, 2.05) is 30.3 Å². The Kier molecular flexibility index (Phi) is 3.26. The van der Waals surface area contributed by atoms with E-state index in [1.54, 1.807) is 12.3 Å². The largest absolute Gasteiger partial charge is 0.356 e. The fourth-order valence-corrected chi connectivity index (χ4v) is 3.96. The number of para-hydroxylation sites is 1. The molecule has 26 heavy (non-hydrogen) atoms. The molecule has 0 saturated heterocycles. The van der Waals surface area contributed by atoms with Crippen molar-refractivity contribution in [1.82, 2.24) is 9.97 Å². The van der Waals surface area contributed by atoms with Gasteiger partial charge in [-0.1, -0.05) is 18.2 Å². The number of nitrogens with one attached hydrogen (secondary N) is 2. The topological polar surface area (TPSA) is 57.8 Å². The van der Waals surface area contributed by atoms with Crippen molar-refractivity contribution in [2.24, 2.45) is 5.41 Å². The molecule has 5 rings (SSSR count). The van der Waals surface area contributed by atoms with Crippen LogP contribution in [0.25, 0.3) is 11.3 Å². The Hall–Kier alpha value is -2.95. The number of benzene rings is 1. The van der Waals surface area contributed by atoms with Gasteiger partial charge in [0.1, 0.15) is 0 Å². The first-order valence-corrected chi connectivity index (χ1v) is 8.85. The number of anilines is 2. The quantitative estimate of drug-likeness (QED) is 0.711. The van der Waals surface area contributed by atoms with Crippen LogP contribution in [-0.4, -0.2) is 15.8 Å². The van der Waals surface area contributed by atoms with E-state index in [1.165, 1.54) is 6.20 Å². The molecule has 0 radical (unpaired) electrons. The zero-order valence-corrected chi connectivity index (χ0v) is 14.2. The number of hydrogen-bond donors (Lipinski definition) is 2. The van der Waals surface area contributed by atoms with Crippen molar-refractivity contribution in [2.75, 3.05) is 5.32 Å². The Labute approximate surface area is 150 Å². The Bertz CT molecular complexity index is 1010. The van der Waals surface area contributed by atoms with Crippen LogP contribution in [0.4, 0.5) is 15.8 Å². The number of halogens is 1. The lowest BCUT2D eigenvalue weighted by atomic mass is 9.83. The molecule has 4 nitrogen and oxygen atoms in total. The van der Waals surface area contributed by atoms with Crippen molar-refractivity contribution in [3.8, 4) is 11.3 Å². The lowest BCUT2D eigenvalue weighted by Crippen LogP contribution is -2.21. The molecule has 1 aromatic carbocycles. The molecule has 0 aliphatic heterocycles. The summed E-state index contributed by atoms with van der Waals surface area (Å²) in [6, 6.07) is 11.3. The van der Waals surface area contributed by atoms with Gasteiger partial charge in [0.25, 0.3) is 0 Å². The van der Waals surface area contributed by atoms with Gasteiger partial charge in [-0.3, -0.25) is 9.78 Å². The number of nitrogens with zero attached hydrogens (tertiary/aromatic N) is 1. The Morgan fingerprint density at radius 2 is 1.92 bits per heavy atom. The van der Waals surface area contributed by atoms with E-state index in [9.17, 15) is 9.18 Å². The molecular weight excluding hydrogens is 329 g/mol. The molecule has 0 amide bonds. The molecule has 1 saturated carbocycles. The summed E-state index contributed by atoms with van der Waals surface area (Å²) in [5.74, 6) is -0.269. The first kappa shape index (κ1) is 15.3. The summed E-state index contributed by atoms with van der Waals surface area (Å²) in [4.78, 5) is 20.1. The molecule has 2 aliphatic carbocycles. The van der Waals surface area contributed by atoms with E-state index < -0.39 is 5.82 Å². The van der Waals surface area contributed by atoms with Crippen molar-refractivity contribution in [2.45, 2.75) is 25.7 Å². The van der Waals surface area contributed by atoms with Gasteiger partial charge < -0.3 is 10.3 Å².